The van der Waals surface area contributed by atoms with Gasteiger partial charge in [-0.1, -0.05) is 78.9 Å². The molecule has 398 valence electrons. The lowest BCUT2D eigenvalue weighted by Gasteiger charge is -2.46. The molecule has 1 aromatic heterocycles. The number of benzene rings is 5. The zero-order chi connectivity index (χ0) is 56.2. The number of Topliss-reactive ketones (excluding diaryl/α,β-unsaturated/α-hetero) is 1. The summed E-state index contributed by atoms with van der Waals surface area (Å²) in [5.41, 5.74) is -29.5. The summed E-state index contributed by atoms with van der Waals surface area (Å²) in [5.74, 6) is 0.0715. The third-order valence-electron chi connectivity index (χ3n) is 10.8. The lowest BCUT2D eigenvalue weighted by molar-refractivity contribution is -0.686. The van der Waals surface area contributed by atoms with Gasteiger partial charge in [-0.2, -0.15) is 132 Å². The highest BCUT2D eigenvalue weighted by Gasteiger charge is 2.47. The standard InChI is InChI=1S/C32H12BF24.C13H11NOS2/c34-25(35,36)13-1-14(26(37,38)39)6-21(5-13)33(22-7-15(27(40,41)42)2-16(8-22)28(43,44)45,23-9-17(29(46,47)48)3-18(10-23)30(49,50)51)24-11-19(31(52,53)54)4-20(12-24)32(55,56)57;15-13(10-4-2-1-3-5-10)9-14-7-11(16)6-12(17)8-14/h1-12H;1-8H,9H2,(H-,16,17)/q-1;/p+1. The first-order chi connectivity index (χ1) is 33.4. The third kappa shape index (κ3) is 13.8. The number of aromatic nitrogens is 1. The summed E-state index contributed by atoms with van der Waals surface area (Å²) in [4.78, 5) is 13.5. The second-order valence-electron chi connectivity index (χ2n) is 15.9. The summed E-state index contributed by atoms with van der Waals surface area (Å²) < 4.78 is 343. The Morgan fingerprint density at radius 2 is 0.568 bits per heavy atom. The number of nitrogens with zero attached hydrogens (tertiary/aromatic N) is 1. The predicted molar refractivity (Wildman–Crippen MR) is 222 cm³/mol. The van der Waals surface area contributed by atoms with Crippen molar-refractivity contribution in [2.75, 3.05) is 0 Å². The zero-order valence-electron chi connectivity index (χ0n) is 35.7. The van der Waals surface area contributed by atoms with E-state index in [1.54, 1.807) is 4.57 Å². The van der Waals surface area contributed by atoms with Crippen LogP contribution < -0.4 is 26.4 Å². The predicted octanol–water partition coefficient (Wildman–Crippen LogP) is 13.6. The van der Waals surface area contributed by atoms with Crippen LogP contribution in [0.1, 0.15) is 54.9 Å². The van der Waals surface area contributed by atoms with Crippen molar-refractivity contribution in [1.29, 1.82) is 0 Å². The van der Waals surface area contributed by atoms with Crippen molar-refractivity contribution in [2.45, 2.75) is 65.7 Å². The molecular weight excluding hydrogens is 1100 g/mol. The number of ketones is 1. The van der Waals surface area contributed by atoms with E-state index in [0.29, 0.717) is 12.1 Å². The van der Waals surface area contributed by atoms with E-state index in [1.807, 2.05) is 48.8 Å². The fourth-order valence-electron chi connectivity index (χ4n) is 7.65. The first-order valence-electron chi connectivity index (χ1n) is 19.8. The summed E-state index contributed by atoms with van der Waals surface area (Å²) in [6.07, 6.45) is -51.2. The van der Waals surface area contributed by atoms with Crippen molar-refractivity contribution >= 4 is 59.0 Å². The van der Waals surface area contributed by atoms with Gasteiger partial charge in [-0.3, -0.25) is 4.79 Å². The SMILES string of the molecule is FC(F)(F)c1cc([B-](c2cc(C(F)(F)F)cc(C(F)(F)F)c2)(c2cc(C(F)(F)F)cc(C(F)(F)F)c2)c2cc(C(F)(F)F)cc(C(F)(F)F)c2)cc(C(F)(F)F)c1.O=C(C[n+]1cc(S)cc(S)c1)c1ccccc1. The summed E-state index contributed by atoms with van der Waals surface area (Å²) in [7, 11) is 0. The molecule has 5 aromatic carbocycles. The van der Waals surface area contributed by atoms with E-state index in [-0.39, 0.29) is 5.78 Å². The number of hydrogen-bond donors (Lipinski definition) is 2. The molecule has 29 heteroatoms. The molecule has 1 heterocycles. The molecule has 0 aliphatic heterocycles. The molecule has 2 nitrogen and oxygen atoms in total. The molecule has 0 spiro atoms. The smallest absolute Gasteiger partial charge is 0.287 e. The number of thiol groups is 2. The van der Waals surface area contributed by atoms with Crippen LogP contribution in [0.15, 0.2) is 131 Å². The maximum atomic E-state index is 14.2. The van der Waals surface area contributed by atoms with Crippen molar-refractivity contribution in [3.05, 3.63) is 172 Å². The van der Waals surface area contributed by atoms with Crippen LogP contribution in [0.5, 0.6) is 0 Å². The topological polar surface area (TPSA) is 20.9 Å². The van der Waals surface area contributed by atoms with Gasteiger partial charge in [0, 0.05) is 5.56 Å². The quantitative estimate of drug-likeness (QED) is 0.0537. The number of carbonyl (C=O) groups excluding carboxylic acids is 1. The number of pyridine rings is 1. The minimum atomic E-state index is -6.13. The Labute approximate surface area is 410 Å². The van der Waals surface area contributed by atoms with Crippen molar-refractivity contribution in [3.63, 3.8) is 0 Å². The molecule has 0 atom stereocenters. The molecule has 0 unspecified atom stereocenters. The zero-order valence-corrected chi connectivity index (χ0v) is 37.4. The molecule has 0 fully saturated rings. The highest BCUT2D eigenvalue weighted by atomic mass is 32.1. The summed E-state index contributed by atoms with van der Waals surface area (Å²) in [6, 6.07) is 2.26. The van der Waals surface area contributed by atoms with Gasteiger partial charge < -0.3 is 0 Å². The lowest BCUT2D eigenvalue weighted by Crippen LogP contribution is -2.75. The maximum absolute atomic E-state index is 14.2. The first kappa shape index (κ1) is 58.9. The number of rotatable bonds is 7. The fourth-order valence-corrected chi connectivity index (χ4v) is 8.32. The molecule has 0 saturated carbocycles. The summed E-state index contributed by atoms with van der Waals surface area (Å²) in [6.45, 7) is 0.298. The van der Waals surface area contributed by atoms with E-state index in [9.17, 15) is 110 Å². The van der Waals surface area contributed by atoms with Crippen LogP contribution in [0.3, 0.4) is 0 Å². The fraction of sp³-hybridized carbons (Fsp3) is 0.200. The van der Waals surface area contributed by atoms with Crippen LogP contribution in [0, 0.1) is 0 Å². The van der Waals surface area contributed by atoms with E-state index in [1.165, 1.54) is 0 Å². The van der Waals surface area contributed by atoms with Crippen molar-refractivity contribution < 1.29 is 115 Å². The van der Waals surface area contributed by atoms with E-state index in [2.05, 4.69) is 25.3 Å². The van der Waals surface area contributed by atoms with Gasteiger partial charge in [0.2, 0.25) is 12.3 Å². The molecule has 0 N–H and O–H groups in total. The van der Waals surface area contributed by atoms with E-state index in [4.69, 9.17) is 0 Å². The van der Waals surface area contributed by atoms with Crippen molar-refractivity contribution in [2.24, 2.45) is 0 Å². The van der Waals surface area contributed by atoms with E-state index < -0.39 is 195 Å². The molecule has 0 aliphatic rings. The van der Waals surface area contributed by atoms with Crippen LogP contribution in [0.4, 0.5) is 105 Å². The molecule has 6 rings (SSSR count). The largest absolute Gasteiger partial charge is 0.416 e. The Hall–Kier alpha value is -6.00. The molecule has 0 radical (unpaired) electrons. The first-order valence-corrected chi connectivity index (χ1v) is 20.7. The Bertz CT molecular complexity index is 2560. The Morgan fingerprint density at radius 3 is 0.770 bits per heavy atom. The average Bonchev–Trinajstić information content (AvgIpc) is 3.24. The highest BCUT2D eigenvalue weighted by Crippen LogP contribution is 2.41. The molecule has 6 aromatic rings. The summed E-state index contributed by atoms with van der Waals surface area (Å²) >= 11 is 8.51. The lowest BCUT2D eigenvalue weighted by atomic mass is 9.12. The average molecular weight is 1130 g/mol. The Kier molecular flexibility index (Phi) is 16.1. The highest BCUT2D eigenvalue weighted by molar-refractivity contribution is 7.81. The number of alkyl halides is 24. The summed E-state index contributed by atoms with van der Waals surface area (Å²) in [5, 5.41) is 0. The van der Waals surface area contributed by atoms with Gasteiger partial charge in [-0.05, 0) is 30.3 Å². The minimum Gasteiger partial charge on any atom is -0.287 e. The van der Waals surface area contributed by atoms with E-state index >= 15 is 0 Å². The number of halogens is 24. The van der Waals surface area contributed by atoms with Crippen LogP contribution in [0.25, 0.3) is 0 Å². The van der Waals surface area contributed by atoms with Crippen molar-refractivity contribution in [3.8, 4) is 0 Å². The molecule has 0 bridgehead atoms. The van der Waals surface area contributed by atoms with Gasteiger partial charge in [0.1, 0.15) is 6.15 Å². The molecule has 0 amide bonds. The third-order valence-corrected chi connectivity index (χ3v) is 11.2. The molecule has 74 heavy (non-hydrogen) atoms. The van der Waals surface area contributed by atoms with Crippen LogP contribution in [-0.4, -0.2) is 11.9 Å². The van der Waals surface area contributed by atoms with Gasteiger partial charge in [0.25, 0.3) is 0 Å². The molecule has 0 aliphatic carbocycles. The molecule has 0 saturated heterocycles. The van der Waals surface area contributed by atoms with Crippen LogP contribution in [-0.2, 0) is 56.0 Å². The molecular formula is C45H24BF24NOS2. The Balaban J connectivity index is 0.000000500. The van der Waals surface area contributed by atoms with E-state index in [0.717, 1.165) is 9.79 Å². The minimum absolute atomic E-state index is 0.0715. The maximum Gasteiger partial charge on any atom is 0.416 e. The van der Waals surface area contributed by atoms with Gasteiger partial charge in [-0.15, -0.1) is 25.3 Å². The van der Waals surface area contributed by atoms with Gasteiger partial charge in [-0.25, -0.2) is 0 Å². The van der Waals surface area contributed by atoms with Gasteiger partial charge in [0.15, 0.2) is 12.4 Å². The number of carbonyl (C=O) groups is 1. The second-order valence-corrected chi connectivity index (χ2v) is 17.0. The number of hydrogen-bond acceptors (Lipinski definition) is 3. The van der Waals surface area contributed by atoms with Crippen LogP contribution in [0.2, 0.25) is 0 Å². The Morgan fingerprint density at radius 1 is 0.351 bits per heavy atom. The van der Waals surface area contributed by atoms with Gasteiger partial charge in [0.05, 0.1) is 54.3 Å². The second kappa shape index (κ2) is 20.3. The van der Waals surface area contributed by atoms with Crippen LogP contribution >= 0.6 is 25.3 Å². The monoisotopic (exact) mass is 1130 g/mol. The normalized spacial score (nSPS) is 13.4. The van der Waals surface area contributed by atoms with Gasteiger partial charge >= 0.3 is 49.4 Å². The van der Waals surface area contributed by atoms with Crippen molar-refractivity contribution in [1.82, 2.24) is 0 Å².